The molecule has 0 unspecified atom stereocenters. The normalized spacial score (nSPS) is 11.8. The highest BCUT2D eigenvalue weighted by Crippen LogP contribution is 2.19. The molecule has 0 aliphatic heterocycles. The number of benzene rings is 1. The summed E-state index contributed by atoms with van der Waals surface area (Å²) in [6.45, 7) is 9.59. The number of allylic oxidation sites excluding steroid dienone is 4. The Morgan fingerprint density at radius 3 is 2.15 bits per heavy atom. The van der Waals surface area contributed by atoms with Crippen molar-refractivity contribution < 1.29 is 0 Å². The van der Waals surface area contributed by atoms with Gasteiger partial charge in [0.25, 0.3) is 0 Å². The molecule has 0 aliphatic rings. The molecule has 0 bridgehead atoms. The Labute approximate surface area is 79.9 Å². The van der Waals surface area contributed by atoms with Gasteiger partial charge in [0.1, 0.15) is 0 Å². The highest BCUT2D eigenvalue weighted by atomic mass is 14.0. The second kappa shape index (κ2) is 4.46. The lowest BCUT2D eigenvalue weighted by molar-refractivity contribution is 1.51. The van der Waals surface area contributed by atoms with Gasteiger partial charge in [-0.1, -0.05) is 55.6 Å². The summed E-state index contributed by atoms with van der Waals surface area (Å²) in [5, 5.41) is 0. The fourth-order valence-electron chi connectivity index (χ4n) is 1.23. The Kier molecular flexibility index (Phi) is 3.27. The molecule has 0 spiro atoms. The molecule has 0 saturated heterocycles. The number of hydrogen-bond acceptors (Lipinski definition) is 0. The highest BCUT2D eigenvalue weighted by molar-refractivity contribution is 5.77. The summed E-state index contributed by atoms with van der Waals surface area (Å²) in [5.41, 5.74) is 3.49. The molecule has 0 saturated carbocycles. The molecule has 0 heteroatoms. The van der Waals surface area contributed by atoms with E-state index in [1.807, 2.05) is 37.3 Å². The quantitative estimate of drug-likeness (QED) is 0.605. The molecule has 0 atom stereocenters. The lowest BCUT2D eigenvalue weighted by Crippen LogP contribution is -1.82. The van der Waals surface area contributed by atoms with Crippen LogP contribution in [0.3, 0.4) is 0 Å². The molecule has 0 radical (unpaired) electrons. The molecule has 13 heavy (non-hydrogen) atoms. The maximum Gasteiger partial charge on any atom is -0.0161 e. The molecule has 0 nitrogen and oxygen atoms in total. The van der Waals surface area contributed by atoms with Gasteiger partial charge in [-0.15, -0.1) is 0 Å². The van der Waals surface area contributed by atoms with Crippen LogP contribution in [0.5, 0.6) is 0 Å². The lowest BCUT2D eigenvalue weighted by Gasteiger charge is -2.04. The molecular formula is C13H14. The second-order valence-electron chi connectivity index (χ2n) is 2.87. The first-order valence-corrected chi connectivity index (χ1v) is 4.30. The first kappa shape index (κ1) is 9.53. The van der Waals surface area contributed by atoms with Gasteiger partial charge in [0, 0.05) is 0 Å². The Hall–Kier alpha value is -1.56. The standard InChI is InChI=1S/C13H14/c1-4-11(3)13(5-2)12-9-7-6-8-10-12/h4-10H,1-2H2,3H3. The molecule has 1 rings (SSSR count). The molecule has 0 heterocycles. The zero-order chi connectivity index (χ0) is 9.68. The van der Waals surface area contributed by atoms with E-state index in [-0.39, 0.29) is 0 Å². The van der Waals surface area contributed by atoms with E-state index in [1.165, 1.54) is 5.56 Å². The van der Waals surface area contributed by atoms with Gasteiger partial charge in [-0.2, -0.15) is 0 Å². The zero-order valence-corrected chi connectivity index (χ0v) is 7.96. The van der Waals surface area contributed by atoms with Crippen LogP contribution in [0.15, 0.2) is 61.2 Å². The zero-order valence-electron chi connectivity index (χ0n) is 7.96. The van der Waals surface area contributed by atoms with E-state index in [1.54, 1.807) is 0 Å². The third-order valence-corrected chi connectivity index (χ3v) is 2.02. The van der Waals surface area contributed by atoms with Gasteiger partial charge >= 0.3 is 0 Å². The van der Waals surface area contributed by atoms with Gasteiger partial charge in [-0.05, 0) is 23.6 Å². The summed E-state index contributed by atoms with van der Waals surface area (Å²) in [4.78, 5) is 0. The van der Waals surface area contributed by atoms with Crippen molar-refractivity contribution in [3.63, 3.8) is 0 Å². The Morgan fingerprint density at radius 2 is 1.69 bits per heavy atom. The average molecular weight is 170 g/mol. The van der Waals surface area contributed by atoms with Crippen molar-refractivity contribution in [1.29, 1.82) is 0 Å². The van der Waals surface area contributed by atoms with E-state index >= 15 is 0 Å². The van der Waals surface area contributed by atoms with Gasteiger partial charge in [-0.3, -0.25) is 0 Å². The summed E-state index contributed by atoms with van der Waals surface area (Å²) in [5.74, 6) is 0. The van der Waals surface area contributed by atoms with E-state index < -0.39 is 0 Å². The van der Waals surface area contributed by atoms with E-state index in [0.717, 1.165) is 11.1 Å². The molecule has 0 aliphatic carbocycles. The fourth-order valence-corrected chi connectivity index (χ4v) is 1.23. The van der Waals surface area contributed by atoms with Crippen LogP contribution >= 0.6 is 0 Å². The van der Waals surface area contributed by atoms with Crippen molar-refractivity contribution in [2.75, 3.05) is 0 Å². The van der Waals surface area contributed by atoms with Gasteiger partial charge in [0.15, 0.2) is 0 Å². The monoisotopic (exact) mass is 170 g/mol. The predicted octanol–water partition coefficient (Wildman–Crippen LogP) is 3.83. The largest absolute Gasteiger partial charge is 0.0988 e. The van der Waals surface area contributed by atoms with Crippen LogP contribution in [0.1, 0.15) is 12.5 Å². The minimum atomic E-state index is 1.15. The molecule has 1 aromatic rings. The van der Waals surface area contributed by atoms with Crippen LogP contribution in [0, 0.1) is 0 Å². The van der Waals surface area contributed by atoms with Crippen molar-refractivity contribution in [2.24, 2.45) is 0 Å². The smallest absolute Gasteiger partial charge is 0.0161 e. The van der Waals surface area contributed by atoms with Gasteiger partial charge < -0.3 is 0 Å². The molecule has 0 fully saturated rings. The van der Waals surface area contributed by atoms with E-state index in [0.29, 0.717) is 0 Å². The second-order valence-corrected chi connectivity index (χ2v) is 2.87. The first-order valence-electron chi connectivity index (χ1n) is 4.30. The third-order valence-electron chi connectivity index (χ3n) is 2.02. The predicted molar refractivity (Wildman–Crippen MR) is 59.4 cm³/mol. The van der Waals surface area contributed by atoms with Crippen LogP contribution in [0.2, 0.25) is 0 Å². The van der Waals surface area contributed by atoms with Gasteiger partial charge in [0.05, 0.1) is 0 Å². The van der Waals surface area contributed by atoms with Crippen molar-refractivity contribution in [2.45, 2.75) is 6.92 Å². The summed E-state index contributed by atoms with van der Waals surface area (Å²) in [6, 6.07) is 10.2. The first-order chi connectivity index (χ1) is 6.29. The van der Waals surface area contributed by atoms with E-state index in [2.05, 4.69) is 25.3 Å². The van der Waals surface area contributed by atoms with Crippen LogP contribution in [-0.4, -0.2) is 0 Å². The Morgan fingerprint density at radius 1 is 1.08 bits per heavy atom. The Bertz CT molecular complexity index is 328. The molecule has 66 valence electrons. The molecule has 0 aromatic heterocycles. The average Bonchev–Trinajstić information content (AvgIpc) is 2.20. The third kappa shape index (κ3) is 2.19. The van der Waals surface area contributed by atoms with Crippen molar-refractivity contribution >= 4 is 5.57 Å². The van der Waals surface area contributed by atoms with Crippen molar-refractivity contribution in [3.05, 3.63) is 66.8 Å². The fraction of sp³-hybridized carbons (Fsp3) is 0.0769. The molecule has 1 aromatic carbocycles. The molecule has 0 amide bonds. The SMILES string of the molecule is C=CC(C)=C(C=C)c1ccccc1. The van der Waals surface area contributed by atoms with E-state index in [4.69, 9.17) is 0 Å². The highest BCUT2D eigenvalue weighted by Gasteiger charge is 1.97. The van der Waals surface area contributed by atoms with Crippen LogP contribution in [0.25, 0.3) is 5.57 Å². The summed E-state index contributed by atoms with van der Waals surface area (Å²) >= 11 is 0. The van der Waals surface area contributed by atoms with Crippen LogP contribution in [-0.2, 0) is 0 Å². The lowest BCUT2D eigenvalue weighted by atomic mass is 10.0. The van der Waals surface area contributed by atoms with Gasteiger partial charge in [-0.25, -0.2) is 0 Å². The summed E-state index contributed by atoms with van der Waals surface area (Å²) in [7, 11) is 0. The van der Waals surface area contributed by atoms with Gasteiger partial charge in [0.2, 0.25) is 0 Å². The minimum Gasteiger partial charge on any atom is -0.0988 e. The Balaban J connectivity index is 3.20. The maximum atomic E-state index is 3.80. The van der Waals surface area contributed by atoms with Crippen molar-refractivity contribution in [1.82, 2.24) is 0 Å². The topological polar surface area (TPSA) is 0 Å². The minimum absolute atomic E-state index is 1.15. The summed E-state index contributed by atoms with van der Waals surface area (Å²) in [6.07, 6.45) is 3.72. The molecular weight excluding hydrogens is 156 g/mol. The van der Waals surface area contributed by atoms with Crippen molar-refractivity contribution in [3.8, 4) is 0 Å². The maximum absolute atomic E-state index is 3.80. The van der Waals surface area contributed by atoms with E-state index in [9.17, 15) is 0 Å². The summed E-state index contributed by atoms with van der Waals surface area (Å²) < 4.78 is 0. The number of rotatable bonds is 3. The number of hydrogen-bond donors (Lipinski definition) is 0. The van der Waals surface area contributed by atoms with Crippen LogP contribution in [0.4, 0.5) is 0 Å². The molecule has 0 N–H and O–H groups in total. The van der Waals surface area contributed by atoms with Crippen LogP contribution < -0.4 is 0 Å².